The van der Waals surface area contributed by atoms with E-state index >= 15 is 0 Å². The minimum atomic E-state index is 0.164. The van der Waals surface area contributed by atoms with Crippen molar-refractivity contribution in [3.8, 4) is 0 Å². The molecule has 2 unspecified atom stereocenters. The maximum atomic E-state index is 9.24. The summed E-state index contributed by atoms with van der Waals surface area (Å²) in [5, 5.41) is 16.0. The van der Waals surface area contributed by atoms with Crippen LogP contribution in [-0.2, 0) is 6.42 Å². The molecule has 1 aromatic heterocycles. The van der Waals surface area contributed by atoms with E-state index in [0.29, 0.717) is 0 Å². The van der Waals surface area contributed by atoms with Crippen LogP contribution in [0.1, 0.15) is 45.5 Å². The zero-order valence-electron chi connectivity index (χ0n) is 13.3. The number of anilines is 2. The molecular weight excluding hydrogens is 252 g/mol. The fourth-order valence-electron chi connectivity index (χ4n) is 1.79. The Morgan fingerprint density at radius 1 is 1.15 bits per heavy atom. The highest BCUT2D eigenvalue weighted by molar-refractivity contribution is 5.57. The third-order valence-corrected chi connectivity index (χ3v) is 3.56. The van der Waals surface area contributed by atoms with Gasteiger partial charge in [-0.3, -0.25) is 0 Å². The fraction of sp³-hybridized carbons (Fsp3) is 0.733. The summed E-state index contributed by atoms with van der Waals surface area (Å²) in [5.41, 5.74) is 1.03. The van der Waals surface area contributed by atoms with Crippen molar-refractivity contribution in [3.63, 3.8) is 0 Å². The van der Waals surface area contributed by atoms with E-state index in [2.05, 4.69) is 41.4 Å². The smallest absolute Gasteiger partial charge is 0.134 e. The zero-order chi connectivity index (χ0) is 15.1. The van der Waals surface area contributed by atoms with Crippen molar-refractivity contribution in [1.29, 1.82) is 0 Å². The van der Waals surface area contributed by atoms with E-state index in [0.717, 1.165) is 42.4 Å². The van der Waals surface area contributed by atoms with E-state index in [1.807, 2.05) is 13.8 Å². The van der Waals surface area contributed by atoms with E-state index in [9.17, 15) is 5.11 Å². The van der Waals surface area contributed by atoms with E-state index in [-0.39, 0.29) is 18.6 Å². The summed E-state index contributed by atoms with van der Waals surface area (Å²) in [5.74, 6) is 2.79. The molecular formula is C15H28N4O. The lowest BCUT2D eigenvalue weighted by molar-refractivity contribution is 0.226. The molecule has 0 aromatic carbocycles. The van der Waals surface area contributed by atoms with Gasteiger partial charge in [-0.25, -0.2) is 9.97 Å². The van der Waals surface area contributed by atoms with Crippen molar-refractivity contribution >= 4 is 11.6 Å². The van der Waals surface area contributed by atoms with Crippen molar-refractivity contribution in [2.75, 3.05) is 23.8 Å². The van der Waals surface area contributed by atoms with Crippen molar-refractivity contribution < 1.29 is 5.11 Å². The Hall–Kier alpha value is -1.36. The first-order chi connectivity index (χ1) is 9.53. The lowest BCUT2D eigenvalue weighted by Crippen LogP contribution is -2.27. The third kappa shape index (κ3) is 4.34. The molecule has 0 spiro atoms. The van der Waals surface area contributed by atoms with Crippen LogP contribution in [0, 0.1) is 12.8 Å². The summed E-state index contributed by atoms with van der Waals surface area (Å²) in [6.07, 6.45) is 1.87. The Kier molecular flexibility index (Phi) is 6.71. The second kappa shape index (κ2) is 8.04. The number of nitrogens with one attached hydrogen (secondary N) is 2. The summed E-state index contributed by atoms with van der Waals surface area (Å²) in [6.45, 7) is 11.4. The maximum Gasteiger partial charge on any atom is 0.134 e. The second-order valence-corrected chi connectivity index (χ2v) is 5.34. The van der Waals surface area contributed by atoms with Gasteiger partial charge in [0, 0.05) is 31.2 Å². The number of rotatable bonds is 8. The van der Waals surface area contributed by atoms with Crippen LogP contribution in [0.15, 0.2) is 0 Å². The number of aliphatic hydroxyl groups excluding tert-OH is 1. The molecule has 1 rings (SSSR count). The Morgan fingerprint density at radius 3 is 2.35 bits per heavy atom. The number of aliphatic hydroxyl groups is 1. The molecule has 0 bridgehead atoms. The highest BCUT2D eigenvalue weighted by Gasteiger charge is 2.15. The molecule has 0 aliphatic heterocycles. The lowest BCUT2D eigenvalue weighted by Gasteiger charge is -2.22. The SMILES string of the molecule is CCCNc1nc(CC)nc(NC(C)C(C)CO)c1C. The van der Waals surface area contributed by atoms with Crippen LogP contribution in [0.4, 0.5) is 11.6 Å². The summed E-state index contributed by atoms with van der Waals surface area (Å²) in [4.78, 5) is 9.12. The van der Waals surface area contributed by atoms with Gasteiger partial charge in [-0.1, -0.05) is 20.8 Å². The van der Waals surface area contributed by atoms with Crippen LogP contribution < -0.4 is 10.6 Å². The predicted molar refractivity (Wildman–Crippen MR) is 84.3 cm³/mol. The van der Waals surface area contributed by atoms with Gasteiger partial charge in [0.25, 0.3) is 0 Å². The highest BCUT2D eigenvalue weighted by atomic mass is 16.3. The average molecular weight is 280 g/mol. The van der Waals surface area contributed by atoms with Crippen LogP contribution >= 0.6 is 0 Å². The first-order valence-corrected chi connectivity index (χ1v) is 7.52. The second-order valence-electron chi connectivity index (χ2n) is 5.34. The number of nitrogens with zero attached hydrogens (tertiary/aromatic N) is 2. The summed E-state index contributed by atoms with van der Waals surface area (Å²) in [7, 11) is 0. The molecule has 0 radical (unpaired) electrons. The minimum absolute atomic E-state index is 0.164. The summed E-state index contributed by atoms with van der Waals surface area (Å²) < 4.78 is 0. The molecule has 0 saturated carbocycles. The molecule has 20 heavy (non-hydrogen) atoms. The summed E-state index contributed by atoms with van der Waals surface area (Å²) in [6, 6.07) is 0.164. The monoisotopic (exact) mass is 280 g/mol. The molecule has 3 N–H and O–H groups in total. The van der Waals surface area contributed by atoms with Gasteiger partial charge in [-0.05, 0) is 26.2 Å². The number of hydrogen-bond donors (Lipinski definition) is 3. The number of aryl methyl sites for hydroxylation is 1. The van der Waals surface area contributed by atoms with Crippen LogP contribution in [0.25, 0.3) is 0 Å². The quantitative estimate of drug-likeness (QED) is 0.683. The van der Waals surface area contributed by atoms with Gasteiger partial charge >= 0.3 is 0 Å². The van der Waals surface area contributed by atoms with Gasteiger partial charge in [0.2, 0.25) is 0 Å². The summed E-state index contributed by atoms with van der Waals surface area (Å²) >= 11 is 0. The first-order valence-electron chi connectivity index (χ1n) is 7.52. The normalized spacial score (nSPS) is 13.9. The molecule has 0 aliphatic rings. The first kappa shape index (κ1) is 16.7. The molecule has 0 aliphatic carbocycles. The van der Waals surface area contributed by atoms with Gasteiger partial charge in [0.05, 0.1) is 0 Å². The largest absolute Gasteiger partial charge is 0.396 e. The maximum absolute atomic E-state index is 9.24. The van der Waals surface area contributed by atoms with Gasteiger partial charge in [-0.15, -0.1) is 0 Å². The van der Waals surface area contributed by atoms with Crippen molar-refractivity contribution in [2.45, 2.75) is 53.5 Å². The van der Waals surface area contributed by atoms with Gasteiger partial charge in [0.1, 0.15) is 17.5 Å². The topological polar surface area (TPSA) is 70.1 Å². The molecule has 1 heterocycles. The fourth-order valence-corrected chi connectivity index (χ4v) is 1.79. The van der Waals surface area contributed by atoms with Gasteiger partial charge in [0.15, 0.2) is 0 Å². The van der Waals surface area contributed by atoms with E-state index in [1.54, 1.807) is 0 Å². The van der Waals surface area contributed by atoms with E-state index < -0.39 is 0 Å². The molecule has 5 heteroatoms. The Labute approximate surface area is 122 Å². The average Bonchev–Trinajstić information content (AvgIpc) is 2.46. The van der Waals surface area contributed by atoms with Crippen LogP contribution in [0.5, 0.6) is 0 Å². The molecule has 0 amide bonds. The lowest BCUT2D eigenvalue weighted by atomic mass is 10.1. The standard InChI is InChI=1S/C15H28N4O/c1-6-8-16-14-11(4)15(19-13(7-2)18-14)17-12(5)10(3)9-20/h10,12,20H,6-9H2,1-5H3,(H2,16,17,18,19). The van der Waals surface area contributed by atoms with Crippen LogP contribution in [0.2, 0.25) is 0 Å². The Bertz CT molecular complexity index is 423. The van der Waals surface area contributed by atoms with Crippen molar-refractivity contribution in [1.82, 2.24) is 9.97 Å². The zero-order valence-corrected chi connectivity index (χ0v) is 13.3. The molecule has 5 nitrogen and oxygen atoms in total. The van der Waals surface area contributed by atoms with E-state index in [4.69, 9.17) is 0 Å². The number of aromatic nitrogens is 2. The van der Waals surface area contributed by atoms with Gasteiger partial charge in [-0.2, -0.15) is 0 Å². The highest BCUT2D eigenvalue weighted by Crippen LogP contribution is 2.22. The van der Waals surface area contributed by atoms with E-state index in [1.165, 1.54) is 0 Å². The molecule has 0 fully saturated rings. The van der Waals surface area contributed by atoms with Gasteiger partial charge < -0.3 is 15.7 Å². The minimum Gasteiger partial charge on any atom is -0.396 e. The Morgan fingerprint density at radius 2 is 1.80 bits per heavy atom. The molecule has 0 saturated heterocycles. The predicted octanol–water partition coefficient (Wildman–Crippen LogP) is 2.60. The molecule has 1 aromatic rings. The van der Waals surface area contributed by atoms with Crippen LogP contribution in [0.3, 0.4) is 0 Å². The Balaban J connectivity index is 2.98. The van der Waals surface area contributed by atoms with Crippen molar-refractivity contribution in [2.24, 2.45) is 5.92 Å². The third-order valence-electron chi connectivity index (χ3n) is 3.56. The molecule has 114 valence electrons. The van der Waals surface area contributed by atoms with Crippen LogP contribution in [-0.4, -0.2) is 34.3 Å². The molecule has 2 atom stereocenters. The van der Waals surface area contributed by atoms with Crippen molar-refractivity contribution in [3.05, 3.63) is 11.4 Å². The number of hydrogen-bond acceptors (Lipinski definition) is 5.